The average Bonchev–Trinajstić information content (AvgIpc) is 2.42. The lowest BCUT2D eigenvalue weighted by atomic mass is 9.97. The van der Waals surface area contributed by atoms with E-state index in [-0.39, 0.29) is 11.8 Å². The summed E-state index contributed by atoms with van der Waals surface area (Å²) in [4.78, 5) is 12.1. The van der Waals surface area contributed by atoms with Crippen LogP contribution in [0.4, 0.5) is 5.69 Å². The largest absolute Gasteiger partial charge is 0.497 e. The number of hydrogen-bond acceptors (Lipinski definition) is 3. The van der Waals surface area contributed by atoms with E-state index in [2.05, 4.69) is 10.6 Å². The fourth-order valence-electron chi connectivity index (χ4n) is 2.18. The van der Waals surface area contributed by atoms with Crippen molar-refractivity contribution in [3.8, 4) is 5.75 Å². The van der Waals surface area contributed by atoms with E-state index in [1.807, 2.05) is 25.1 Å². The first-order valence-corrected chi connectivity index (χ1v) is 6.37. The number of nitrogens with one attached hydrogen (secondary N) is 2. The molecule has 4 heteroatoms. The minimum Gasteiger partial charge on any atom is -0.497 e. The lowest BCUT2D eigenvalue weighted by Crippen LogP contribution is -2.34. The molecule has 1 amide bonds. The molecular weight excluding hydrogens is 228 g/mol. The Hall–Kier alpha value is -1.55. The molecule has 4 nitrogen and oxygen atoms in total. The van der Waals surface area contributed by atoms with Crippen molar-refractivity contribution in [1.82, 2.24) is 5.32 Å². The van der Waals surface area contributed by atoms with Gasteiger partial charge < -0.3 is 15.4 Å². The lowest BCUT2D eigenvalue weighted by molar-refractivity contribution is -0.120. The molecule has 98 valence electrons. The van der Waals surface area contributed by atoms with Crippen LogP contribution in [0.3, 0.4) is 0 Å². The van der Waals surface area contributed by atoms with Gasteiger partial charge >= 0.3 is 0 Å². The third-order valence-electron chi connectivity index (χ3n) is 3.41. The molecule has 1 aromatic carbocycles. The highest BCUT2D eigenvalue weighted by atomic mass is 16.5. The summed E-state index contributed by atoms with van der Waals surface area (Å²) in [5.41, 5.74) is 1.90. The van der Waals surface area contributed by atoms with Gasteiger partial charge in [-0.15, -0.1) is 0 Å². The molecule has 1 saturated heterocycles. The molecule has 18 heavy (non-hydrogen) atoms. The zero-order valence-corrected chi connectivity index (χ0v) is 11.0. The van der Waals surface area contributed by atoms with E-state index >= 15 is 0 Å². The maximum absolute atomic E-state index is 12.1. The highest BCUT2D eigenvalue weighted by Crippen LogP contribution is 2.23. The Morgan fingerprint density at radius 3 is 2.78 bits per heavy atom. The summed E-state index contributed by atoms with van der Waals surface area (Å²) in [7, 11) is 1.63. The third kappa shape index (κ3) is 3.01. The molecule has 1 aromatic rings. The van der Waals surface area contributed by atoms with Crippen molar-refractivity contribution in [2.45, 2.75) is 19.8 Å². The number of rotatable bonds is 3. The highest BCUT2D eigenvalue weighted by Gasteiger charge is 2.21. The van der Waals surface area contributed by atoms with Gasteiger partial charge in [-0.25, -0.2) is 0 Å². The molecule has 1 aliphatic heterocycles. The summed E-state index contributed by atoms with van der Waals surface area (Å²) >= 11 is 0. The zero-order valence-electron chi connectivity index (χ0n) is 11.0. The molecule has 1 heterocycles. The molecule has 1 aliphatic rings. The molecule has 0 aliphatic carbocycles. The molecular formula is C14H20N2O2. The van der Waals surface area contributed by atoms with Crippen molar-refractivity contribution in [3.63, 3.8) is 0 Å². The van der Waals surface area contributed by atoms with Crippen molar-refractivity contribution >= 4 is 11.6 Å². The van der Waals surface area contributed by atoms with Crippen molar-refractivity contribution in [2.75, 3.05) is 25.5 Å². The number of piperidine rings is 1. The number of methoxy groups -OCH3 is 1. The molecule has 0 aromatic heterocycles. The van der Waals surface area contributed by atoms with Gasteiger partial charge in [-0.2, -0.15) is 0 Å². The van der Waals surface area contributed by atoms with E-state index in [0.29, 0.717) is 0 Å². The molecule has 2 rings (SSSR count). The van der Waals surface area contributed by atoms with E-state index < -0.39 is 0 Å². The summed E-state index contributed by atoms with van der Waals surface area (Å²) in [5, 5.41) is 6.27. The summed E-state index contributed by atoms with van der Waals surface area (Å²) in [6.07, 6.45) is 1.82. The van der Waals surface area contributed by atoms with Gasteiger partial charge in [0.15, 0.2) is 0 Å². The summed E-state index contributed by atoms with van der Waals surface area (Å²) < 4.78 is 5.18. The number of carbonyl (C=O) groups is 1. The van der Waals surface area contributed by atoms with Crippen LogP contribution < -0.4 is 15.4 Å². The topological polar surface area (TPSA) is 50.4 Å². The van der Waals surface area contributed by atoms with Crippen LogP contribution in [0.25, 0.3) is 0 Å². The number of aryl methyl sites for hydroxylation is 1. The Balaban J connectivity index is 2.05. The molecule has 2 N–H and O–H groups in total. The lowest BCUT2D eigenvalue weighted by Gasteiger charge is -2.22. The second-order valence-electron chi connectivity index (χ2n) is 4.69. The van der Waals surface area contributed by atoms with Crippen LogP contribution >= 0.6 is 0 Å². The van der Waals surface area contributed by atoms with E-state index in [0.717, 1.165) is 42.9 Å². The Bertz CT molecular complexity index is 426. The van der Waals surface area contributed by atoms with Crippen LogP contribution in [0.5, 0.6) is 5.75 Å². The van der Waals surface area contributed by atoms with Crippen LogP contribution in [-0.2, 0) is 4.79 Å². The van der Waals surface area contributed by atoms with Gasteiger partial charge in [0, 0.05) is 17.7 Å². The predicted molar refractivity (Wildman–Crippen MR) is 72.0 cm³/mol. The number of anilines is 1. The second-order valence-corrected chi connectivity index (χ2v) is 4.69. The molecule has 0 atom stereocenters. The standard InChI is InChI=1S/C14H20N2O2/c1-10-3-4-12(18-2)9-13(10)16-14(17)11-5-7-15-8-6-11/h3-4,9,11,15H,5-8H2,1-2H3,(H,16,17). The first kappa shape index (κ1) is 12.9. The van der Waals surface area contributed by atoms with Gasteiger partial charge in [-0.05, 0) is 44.5 Å². The Labute approximate surface area is 108 Å². The first-order chi connectivity index (χ1) is 8.70. The molecule has 1 fully saturated rings. The minimum atomic E-state index is 0.118. The number of hydrogen-bond donors (Lipinski definition) is 2. The van der Waals surface area contributed by atoms with Crippen molar-refractivity contribution in [1.29, 1.82) is 0 Å². The van der Waals surface area contributed by atoms with Gasteiger partial charge in [0.25, 0.3) is 0 Å². The third-order valence-corrected chi connectivity index (χ3v) is 3.41. The van der Waals surface area contributed by atoms with E-state index in [1.165, 1.54) is 0 Å². The number of benzene rings is 1. The van der Waals surface area contributed by atoms with Gasteiger partial charge in [-0.1, -0.05) is 6.07 Å². The number of amides is 1. The number of carbonyl (C=O) groups excluding carboxylic acids is 1. The molecule has 0 bridgehead atoms. The molecule has 0 radical (unpaired) electrons. The van der Waals surface area contributed by atoms with Crippen LogP contribution in [0, 0.1) is 12.8 Å². The molecule has 0 unspecified atom stereocenters. The normalized spacial score (nSPS) is 16.3. The van der Waals surface area contributed by atoms with Crippen molar-refractivity contribution in [2.24, 2.45) is 5.92 Å². The SMILES string of the molecule is COc1ccc(C)c(NC(=O)C2CCNCC2)c1. The van der Waals surface area contributed by atoms with Crippen LogP contribution in [-0.4, -0.2) is 26.1 Å². The van der Waals surface area contributed by atoms with Crippen LogP contribution in [0.15, 0.2) is 18.2 Å². The minimum absolute atomic E-state index is 0.118. The fourth-order valence-corrected chi connectivity index (χ4v) is 2.18. The highest BCUT2D eigenvalue weighted by molar-refractivity contribution is 5.93. The maximum atomic E-state index is 12.1. The first-order valence-electron chi connectivity index (χ1n) is 6.37. The Kier molecular flexibility index (Phi) is 4.20. The van der Waals surface area contributed by atoms with Crippen LogP contribution in [0.2, 0.25) is 0 Å². The number of ether oxygens (including phenoxy) is 1. The van der Waals surface area contributed by atoms with Gasteiger partial charge in [0.05, 0.1) is 7.11 Å². The molecule has 0 spiro atoms. The maximum Gasteiger partial charge on any atom is 0.227 e. The van der Waals surface area contributed by atoms with Crippen LogP contribution in [0.1, 0.15) is 18.4 Å². The van der Waals surface area contributed by atoms with Gasteiger partial charge in [0.2, 0.25) is 5.91 Å². The predicted octanol–water partition coefficient (Wildman–Crippen LogP) is 1.94. The second kappa shape index (κ2) is 5.87. The molecule has 0 saturated carbocycles. The van der Waals surface area contributed by atoms with E-state index in [4.69, 9.17) is 4.74 Å². The Morgan fingerprint density at radius 2 is 2.11 bits per heavy atom. The monoisotopic (exact) mass is 248 g/mol. The quantitative estimate of drug-likeness (QED) is 0.859. The van der Waals surface area contributed by atoms with Gasteiger partial charge in [0.1, 0.15) is 5.75 Å². The fraction of sp³-hybridized carbons (Fsp3) is 0.500. The van der Waals surface area contributed by atoms with E-state index in [1.54, 1.807) is 7.11 Å². The van der Waals surface area contributed by atoms with E-state index in [9.17, 15) is 4.79 Å². The van der Waals surface area contributed by atoms with Gasteiger partial charge in [-0.3, -0.25) is 4.79 Å². The summed E-state index contributed by atoms with van der Waals surface area (Å²) in [6.45, 7) is 3.84. The van der Waals surface area contributed by atoms with Crippen molar-refractivity contribution in [3.05, 3.63) is 23.8 Å². The van der Waals surface area contributed by atoms with Crippen molar-refractivity contribution < 1.29 is 9.53 Å². The Morgan fingerprint density at radius 1 is 1.39 bits per heavy atom. The summed E-state index contributed by atoms with van der Waals surface area (Å²) in [5.74, 6) is 1.01. The zero-order chi connectivity index (χ0) is 13.0. The smallest absolute Gasteiger partial charge is 0.227 e. The average molecular weight is 248 g/mol. The summed E-state index contributed by atoms with van der Waals surface area (Å²) in [6, 6.07) is 5.72.